The van der Waals surface area contributed by atoms with Crippen LogP contribution in [0.3, 0.4) is 0 Å². The van der Waals surface area contributed by atoms with Crippen molar-refractivity contribution in [2.24, 2.45) is 0 Å². The molecule has 0 fully saturated rings. The third-order valence-electron chi connectivity index (χ3n) is 4.72. The Labute approximate surface area is 177 Å². The van der Waals surface area contributed by atoms with Crippen LogP contribution >= 0.6 is 11.6 Å². The number of pyridine rings is 2. The van der Waals surface area contributed by atoms with Crippen molar-refractivity contribution in [2.75, 3.05) is 32.1 Å². The smallest absolute Gasteiger partial charge is 0.0726 e. The van der Waals surface area contributed by atoms with Gasteiger partial charge in [0.05, 0.1) is 16.1 Å². The number of aromatic nitrogens is 2. The van der Waals surface area contributed by atoms with Gasteiger partial charge in [-0.2, -0.15) is 0 Å². The second-order valence-electron chi connectivity index (χ2n) is 7.09. The first kappa shape index (κ1) is 21.0. The molecule has 0 aliphatic rings. The zero-order valence-electron chi connectivity index (χ0n) is 17.4. The minimum atomic E-state index is 0.776. The third kappa shape index (κ3) is 5.22. The summed E-state index contributed by atoms with van der Waals surface area (Å²) in [6, 6.07) is 20.2. The lowest BCUT2D eigenvalue weighted by Gasteiger charge is -2.21. The summed E-state index contributed by atoms with van der Waals surface area (Å²) in [4.78, 5) is 11.2. The second kappa shape index (κ2) is 9.68. The Morgan fingerprint density at radius 1 is 0.862 bits per heavy atom. The molecule has 0 bridgehead atoms. The first-order chi connectivity index (χ1) is 14.0. The molecule has 4 aromatic rings. The molecule has 0 spiro atoms. The van der Waals surface area contributed by atoms with Gasteiger partial charge in [0.2, 0.25) is 0 Å². The van der Waals surface area contributed by atoms with Gasteiger partial charge in [-0.25, -0.2) is 0 Å². The molecule has 2 aromatic heterocycles. The van der Waals surface area contributed by atoms with Crippen molar-refractivity contribution >= 4 is 39.1 Å². The summed E-state index contributed by atoms with van der Waals surface area (Å²) >= 11 is 6.02. The maximum Gasteiger partial charge on any atom is 0.0726 e. The summed E-state index contributed by atoms with van der Waals surface area (Å²) in [7, 11) is 4.10. The highest BCUT2D eigenvalue weighted by Gasteiger charge is 2.07. The average Bonchev–Trinajstić information content (AvgIpc) is 2.71. The Hall–Kier alpha value is -2.69. The van der Waals surface area contributed by atoms with Crippen LogP contribution in [0.5, 0.6) is 0 Å². The molecule has 0 saturated carbocycles. The highest BCUT2D eigenvalue weighted by molar-refractivity contribution is 6.35. The van der Waals surface area contributed by atoms with Gasteiger partial charge >= 0.3 is 0 Å². The molecule has 0 aliphatic carbocycles. The van der Waals surface area contributed by atoms with Gasteiger partial charge in [0.25, 0.3) is 0 Å². The number of fused-ring (bicyclic) bond motifs is 2. The molecule has 0 aliphatic heterocycles. The van der Waals surface area contributed by atoms with Gasteiger partial charge in [-0.05, 0) is 45.2 Å². The standard InChI is InChI=1S/C14H19N3.C10H8ClN/c1-11-10-14(17(3)9-8-15-2)12-6-4-5-7-13(12)16-11;1-7-6-9(11)8-4-2-3-5-10(8)12-7/h4-7,10,15H,8-9H2,1-3H3;2-6H,1H3. The van der Waals surface area contributed by atoms with E-state index in [4.69, 9.17) is 11.6 Å². The van der Waals surface area contributed by atoms with Crippen molar-refractivity contribution in [3.8, 4) is 0 Å². The average molecular weight is 407 g/mol. The molecule has 0 radical (unpaired) electrons. The number of hydrogen-bond acceptors (Lipinski definition) is 4. The monoisotopic (exact) mass is 406 g/mol. The lowest BCUT2D eigenvalue weighted by atomic mass is 10.1. The van der Waals surface area contributed by atoms with Crippen LogP contribution in [0.25, 0.3) is 21.8 Å². The lowest BCUT2D eigenvalue weighted by molar-refractivity contribution is 0.769. The first-order valence-corrected chi connectivity index (χ1v) is 10.1. The van der Waals surface area contributed by atoms with Crippen molar-refractivity contribution in [3.63, 3.8) is 0 Å². The van der Waals surface area contributed by atoms with Crippen molar-refractivity contribution in [1.29, 1.82) is 0 Å². The van der Waals surface area contributed by atoms with Gasteiger partial charge < -0.3 is 10.2 Å². The van der Waals surface area contributed by atoms with Crippen molar-refractivity contribution < 1.29 is 0 Å². The molecule has 4 nitrogen and oxygen atoms in total. The molecule has 0 unspecified atom stereocenters. The van der Waals surface area contributed by atoms with Crippen LogP contribution < -0.4 is 10.2 Å². The molecule has 0 atom stereocenters. The van der Waals surface area contributed by atoms with E-state index in [0.29, 0.717) is 0 Å². The molecule has 2 heterocycles. The van der Waals surface area contributed by atoms with Gasteiger partial charge in [0.15, 0.2) is 0 Å². The quantitative estimate of drug-likeness (QED) is 0.493. The van der Waals surface area contributed by atoms with Crippen LogP contribution in [0.1, 0.15) is 11.4 Å². The van der Waals surface area contributed by atoms with E-state index in [-0.39, 0.29) is 0 Å². The van der Waals surface area contributed by atoms with Gasteiger partial charge in [0.1, 0.15) is 0 Å². The van der Waals surface area contributed by atoms with Crippen molar-refractivity contribution in [1.82, 2.24) is 15.3 Å². The van der Waals surface area contributed by atoms with Gasteiger partial charge in [-0.15, -0.1) is 0 Å². The Morgan fingerprint density at radius 2 is 1.41 bits per heavy atom. The molecule has 150 valence electrons. The molecule has 2 aromatic carbocycles. The molecule has 0 saturated heterocycles. The maximum absolute atomic E-state index is 6.02. The van der Waals surface area contributed by atoms with E-state index in [9.17, 15) is 0 Å². The predicted octanol–water partition coefficient (Wildman–Crippen LogP) is 5.40. The van der Waals surface area contributed by atoms with Gasteiger partial charge in [-0.3, -0.25) is 9.97 Å². The zero-order chi connectivity index (χ0) is 20.8. The number of hydrogen-bond donors (Lipinski definition) is 1. The number of halogens is 1. The van der Waals surface area contributed by atoms with E-state index < -0.39 is 0 Å². The predicted molar refractivity (Wildman–Crippen MR) is 125 cm³/mol. The minimum absolute atomic E-state index is 0.776. The number of benzene rings is 2. The van der Waals surface area contributed by atoms with E-state index in [2.05, 4.69) is 51.5 Å². The van der Waals surface area contributed by atoms with E-state index in [0.717, 1.165) is 45.9 Å². The summed E-state index contributed by atoms with van der Waals surface area (Å²) in [6.07, 6.45) is 0. The fourth-order valence-electron chi connectivity index (χ4n) is 3.26. The molecular formula is C24H27ClN4. The van der Waals surface area contributed by atoms with Crippen LogP contribution in [-0.2, 0) is 0 Å². The topological polar surface area (TPSA) is 41.0 Å². The maximum atomic E-state index is 6.02. The summed E-state index contributed by atoms with van der Waals surface area (Å²) in [6.45, 7) is 5.95. The summed E-state index contributed by atoms with van der Waals surface area (Å²) in [5, 5.41) is 6.19. The normalized spacial score (nSPS) is 10.7. The SMILES string of the molecule is CNCCN(C)c1cc(C)nc2ccccc12.Cc1cc(Cl)c2ccccc2n1. The number of nitrogens with one attached hydrogen (secondary N) is 1. The molecule has 0 amide bonds. The fourth-order valence-corrected chi connectivity index (χ4v) is 3.58. The number of aryl methyl sites for hydroxylation is 2. The molecule has 5 heteroatoms. The summed E-state index contributed by atoms with van der Waals surface area (Å²) < 4.78 is 0. The van der Waals surface area contributed by atoms with Gasteiger partial charge in [0, 0.05) is 48.0 Å². The van der Waals surface area contributed by atoms with E-state index in [1.165, 1.54) is 11.1 Å². The van der Waals surface area contributed by atoms with Crippen LogP contribution in [0.15, 0.2) is 60.7 Å². The summed E-state index contributed by atoms with van der Waals surface area (Å²) in [5.41, 5.74) is 5.30. The molecule has 1 N–H and O–H groups in total. The van der Waals surface area contributed by atoms with E-state index in [1.54, 1.807) is 0 Å². The Balaban J connectivity index is 0.000000176. The largest absolute Gasteiger partial charge is 0.373 e. The number of para-hydroxylation sites is 2. The minimum Gasteiger partial charge on any atom is -0.373 e. The fraction of sp³-hybridized carbons (Fsp3) is 0.250. The Kier molecular flexibility index (Phi) is 7.02. The highest BCUT2D eigenvalue weighted by Crippen LogP contribution is 2.25. The first-order valence-electron chi connectivity index (χ1n) is 9.73. The van der Waals surface area contributed by atoms with Crippen LogP contribution in [0.4, 0.5) is 5.69 Å². The molecular weight excluding hydrogens is 380 g/mol. The van der Waals surface area contributed by atoms with Crippen LogP contribution in [0.2, 0.25) is 5.02 Å². The zero-order valence-corrected chi connectivity index (χ0v) is 18.2. The molecule has 4 rings (SSSR count). The summed E-state index contributed by atoms with van der Waals surface area (Å²) in [5.74, 6) is 0. The highest BCUT2D eigenvalue weighted by atomic mass is 35.5. The number of likely N-dealkylation sites (N-methyl/N-ethyl adjacent to an activating group) is 2. The van der Waals surface area contributed by atoms with E-state index >= 15 is 0 Å². The number of nitrogens with zero attached hydrogens (tertiary/aromatic N) is 3. The van der Waals surface area contributed by atoms with Gasteiger partial charge in [-0.1, -0.05) is 48.0 Å². The van der Waals surface area contributed by atoms with Crippen molar-refractivity contribution in [2.45, 2.75) is 13.8 Å². The Morgan fingerprint density at radius 3 is 2.07 bits per heavy atom. The number of rotatable bonds is 4. The number of anilines is 1. The molecule has 29 heavy (non-hydrogen) atoms. The van der Waals surface area contributed by atoms with Crippen LogP contribution in [-0.4, -0.2) is 37.2 Å². The van der Waals surface area contributed by atoms with Crippen molar-refractivity contribution in [3.05, 3.63) is 77.1 Å². The lowest BCUT2D eigenvalue weighted by Crippen LogP contribution is -2.27. The van der Waals surface area contributed by atoms with Crippen LogP contribution in [0, 0.1) is 13.8 Å². The Bertz CT molecular complexity index is 1110. The second-order valence-corrected chi connectivity index (χ2v) is 7.49. The van der Waals surface area contributed by atoms with E-state index in [1.807, 2.05) is 57.3 Å². The third-order valence-corrected chi connectivity index (χ3v) is 5.04.